The van der Waals surface area contributed by atoms with Gasteiger partial charge in [0.05, 0.1) is 0 Å². The summed E-state index contributed by atoms with van der Waals surface area (Å²) < 4.78 is 35.6. The van der Waals surface area contributed by atoms with Gasteiger partial charge in [0, 0.05) is 25.9 Å². The predicted molar refractivity (Wildman–Crippen MR) is 72.0 cm³/mol. The second-order valence-electron chi connectivity index (χ2n) is 5.08. The fourth-order valence-electron chi connectivity index (χ4n) is 1.66. The first-order chi connectivity index (χ1) is 9.70. The number of alkyl halides is 3. The maximum atomic E-state index is 11.9. The van der Waals surface area contributed by atoms with Gasteiger partial charge in [-0.05, 0) is 31.6 Å². The second-order valence-corrected chi connectivity index (χ2v) is 5.08. The van der Waals surface area contributed by atoms with Crippen LogP contribution < -0.4 is 10.6 Å². The first-order valence-electron chi connectivity index (χ1n) is 7.01. The molecule has 0 saturated heterocycles. The number of unbranched alkanes of at least 4 members (excludes halogenated alkanes) is 1. The van der Waals surface area contributed by atoms with Crippen LogP contribution >= 0.6 is 0 Å². The molecule has 0 heterocycles. The van der Waals surface area contributed by atoms with Crippen LogP contribution in [0.3, 0.4) is 0 Å². The number of rotatable bonds is 10. The van der Waals surface area contributed by atoms with Crippen molar-refractivity contribution < 1.29 is 27.9 Å². The van der Waals surface area contributed by atoms with Gasteiger partial charge < -0.3 is 15.7 Å². The van der Waals surface area contributed by atoms with Gasteiger partial charge >= 0.3 is 18.2 Å². The number of nitrogens with one attached hydrogen (secondary N) is 2. The summed E-state index contributed by atoms with van der Waals surface area (Å²) in [6, 6.07) is -0.410. The third kappa shape index (κ3) is 14.7. The summed E-state index contributed by atoms with van der Waals surface area (Å²) in [6.07, 6.45) is -3.39. The Morgan fingerprint density at radius 3 is 2.29 bits per heavy atom. The van der Waals surface area contributed by atoms with Crippen molar-refractivity contribution in [2.75, 3.05) is 13.1 Å². The minimum Gasteiger partial charge on any atom is -0.481 e. The molecule has 0 fully saturated rings. The number of hydrogen-bond donors (Lipinski definition) is 3. The van der Waals surface area contributed by atoms with Gasteiger partial charge in [0.15, 0.2) is 0 Å². The lowest BCUT2D eigenvalue weighted by Gasteiger charge is -2.11. The number of carboxylic acids is 1. The van der Waals surface area contributed by atoms with E-state index < -0.39 is 24.6 Å². The Morgan fingerprint density at radius 1 is 1.10 bits per heavy atom. The van der Waals surface area contributed by atoms with Gasteiger partial charge in [-0.2, -0.15) is 13.2 Å². The highest BCUT2D eigenvalue weighted by molar-refractivity contribution is 5.73. The molecular formula is C13H23F3N2O3. The molecule has 1 unspecified atom stereocenters. The molecule has 0 aromatic rings. The van der Waals surface area contributed by atoms with Gasteiger partial charge in [-0.25, -0.2) is 4.79 Å². The molecule has 5 nitrogen and oxygen atoms in total. The van der Waals surface area contributed by atoms with Crippen LogP contribution in [0.2, 0.25) is 0 Å². The van der Waals surface area contributed by atoms with Crippen molar-refractivity contribution in [3.8, 4) is 0 Å². The number of hydrogen-bond acceptors (Lipinski definition) is 2. The number of urea groups is 1. The molecule has 0 aromatic heterocycles. The van der Waals surface area contributed by atoms with Crippen LogP contribution in [0.15, 0.2) is 0 Å². The first kappa shape index (κ1) is 19.5. The number of carbonyl (C=O) groups excluding carboxylic acids is 1. The molecule has 0 saturated carbocycles. The van der Waals surface area contributed by atoms with Gasteiger partial charge in [-0.15, -0.1) is 0 Å². The van der Waals surface area contributed by atoms with Crippen molar-refractivity contribution in [2.24, 2.45) is 5.92 Å². The molecule has 0 aromatic carbocycles. The van der Waals surface area contributed by atoms with Crippen LogP contribution in [0.5, 0.6) is 0 Å². The molecule has 3 N–H and O–H groups in total. The number of aliphatic carboxylic acids is 1. The van der Waals surface area contributed by atoms with E-state index in [1.54, 1.807) is 0 Å². The normalized spacial score (nSPS) is 12.8. The van der Waals surface area contributed by atoms with Crippen LogP contribution in [0.1, 0.15) is 45.4 Å². The highest BCUT2D eigenvalue weighted by atomic mass is 19.4. The predicted octanol–water partition coefficient (Wildman–Crippen LogP) is 2.91. The average molecular weight is 312 g/mol. The van der Waals surface area contributed by atoms with E-state index in [-0.39, 0.29) is 31.7 Å². The zero-order valence-corrected chi connectivity index (χ0v) is 12.1. The van der Waals surface area contributed by atoms with Crippen LogP contribution in [0.4, 0.5) is 18.0 Å². The molecule has 21 heavy (non-hydrogen) atoms. The Balaban J connectivity index is 3.48. The lowest BCUT2D eigenvalue weighted by molar-refractivity contribution is -0.137. The molecule has 1 atom stereocenters. The first-order valence-corrected chi connectivity index (χ1v) is 7.01. The van der Waals surface area contributed by atoms with E-state index in [1.165, 1.54) is 0 Å². The fraction of sp³-hybridized carbons (Fsp3) is 0.846. The summed E-state index contributed by atoms with van der Waals surface area (Å²) in [5.74, 6) is -0.653. The minimum absolute atomic E-state index is 0.00397. The lowest BCUT2D eigenvalue weighted by Crippen LogP contribution is -2.37. The highest BCUT2D eigenvalue weighted by Gasteiger charge is 2.25. The largest absolute Gasteiger partial charge is 0.481 e. The number of amides is 2. The van der Waals surface area contributed by atoms with Crippen molar-refractivity contribution in [1.29, 1.82) is 0 Å². The molecule has 124 valence electrons. The topological polar surface area (TPSA) is 78.4 Å². The smallest absolute Gasteiger partial charge is 0.389 e. The summed E-state index contributed by atoms with van der Waals surface area (Å²) in [6.45, 7) is 2.52. The Kier molecular flexibility index (Phi) is 9.56. The van der Waals surface area contributed by atoms with Gasteiger partial charge in [0.25, 0.3) is 0 Å². The molecule has 0 aliphatic carbocycles. The summed E-state index contributed by atoms with van der Waals surface area (Å²) >= 11 is 0. The van der Waals surface area contributed by atoms with E-state index in [0.717, 1.165) is 0 Å². The molecule has 0 aliphatic rings. The highest BCUT2D eigenvalue weighted by Crippen LogP contribution is 2.21. The third-order valence-corrected chi connectivity index (χ3v) is 2.95. The van der Waals surface area contributed by atoms with E-state index in [0.29, 0.717) is 19.4 Å². The number of carbonyl (C=O) groups is 2. The molecule has 0 radical (unpaired) electrons. The van der Waals surface area contributed by atoms with Crippen molar-refractivity contribution in [3.63, 3.8) is 0 Å². The average Bonchev–Trinajstić information content (AvgIpc) is 2.34. The van der Waals surface area contributed by atoms with Crippen LogP contribution in [-0.2, 0) is 4.79 Å². The standard InChI is InChI=1S/C13H23F3N2O3/c1-10(4-5-11(19)20)6-9-18-12(21)17-8-3-2-7-13(14,15)16/h10H,2-9H2,1H3,(H,19,20)(H2,17,18,21). The van der Waals surface area contributed by atoms with Gasteiger partial charge in [0.2, 0.25) is 0 Å². The van der Waals surface area contributed by atoms with E-state index in [2.05, 4.69) is 10.6 Å². The number of carboxylic acid groups (broad SMARTS) is 1. The van der Waals surface area contributed by atoms with Crippen LogP contribution in [-0.4, -0.2) is 36.4 Å². The lowest BCUT2D eigenvalue weighted by atomic mass is 10.0. The maximum absolute atomic E-state index is 11.9. The van der Waals surface area contributed by atoms with E-state index in [4.69, 9.17) is 5.11 Å². The fourth-order valence-corrected chi connectivity index (χ4v) is 1.66. The summed E-state index contributed by atoms with van der Waals surface area (Å²) in [7, 11) is 0. The van der Waals surface area contributed by atoms with Gasteiger partial charge in [-0.3, -0.25) is 4.79 Å². The number of halogens is 3. The molecule has 2 amide bonds. The molecule has 0 rings (SSSR count). The van der Waals surface area contributed by atoms with Gasteiger partial charge in [0.1, 0.15) is 0 Å². The summed E-state index contributed by atoms with van der Waals surface area (Å²) in [4.78, 5) is 21.7. The van der Waals surface area contributed by atoms with Crippen molar-refractivity contribution in [3.05, 3.63) is 0 Å². The zero-order chi connectivity index (χ0) is 16.3. The zero-order valence-electron chi connectivity index (χ0n) is 12.1. The SMILES string of the molecule is CC(CCNC(=O)NCCCCC(F)(F)F)CCC(=O)O. The van der Waals surface area contributed by atoms with E-state index in [1.807, 2.05) is 6.92 Å². The second kappa shape index (κ2) is 10.3. The van der Waals surface area contributed by atoms with Crippen LogP contribution in [0.25, 0.3) is 0 Å². The van der Waals surface area contributed by atoms with Crippen molar-refractivity contribution in [1.82, 2.24) is 10.6 Å². The quantitative estimate of drug-likeness (QED) is 0.543. The summed E-state index contributed by atoms with van der Waals surface area (Å²) in [5.41, 5.74) is 0. The molecule has 0 aliphatic heterocycles. The molecular weight excluding hydrogens is 289 g/mol. The Labute approximate surface area is 122 Å². The summed E-state index contributed by atoms with van der Waals surface area (Å²) in [5, 5.41) is 13.6. The van der Waals surface area contributed by atoms with Gasteiger partial charge in [-0.1, -0.05) is 6.92 Å². The molecule has 0 bridgehead atoms. The van der Waals surface area contributed by atoms with Crippen LogP contribution in [0, 0.1) is 5.92 Å². The van der Waals surface area contributed by atoms with Crippen molar-refractivity contribution in [2.45, 2.75) is 51.6 Å². The van der Waals surface area contributed by atoms with Crippen molar-refractivity contribution >= 4 is 12.0 Å². The Bertz CT molecular complexity index is 322. The maximum Gasteiger partial charge on any atom is 0.389 e. The Morgan fingerprint density at radius 2 is 1.71 bits per heavy atom. The molecule has 8 heteroatoms. The monoisotopic (exact) mass is 312 g/mol. The van der Waals surface area contributed by atoms with E-state index >= 15 is 0 Å². The third-order valence-electron chi connectivity index (χ3n) is 2.95. The minimum atomic E-state index is -4.14. The Hall–Kier alpha value is -1.47. The molecule has 0 spiro atoms. The van der Waals surface area contributed by atoms with E-state index in [9.17, 15) is 22.8 Å².